The molecule has 0 spiro atoms. The van der Waals surface area contributed by atoms with Gasteiger partial charge in [0.15, 0.2) is 8.32 Å². The van der Waals surface area contributed by atoms with Crippen molar-refractivity contribution in [2.45, 2.75) is 45.3 Å². The predicted molar refractivity (Wildman–Crippen MR) is 56.8 cm³/mol. The summed E-state index contributed by atoms with van der Waals surface area (Å²) >= 11 is 0. The SMILES string of the molecule is CC[Si](CC)(CC)OCCCN. The van der Waals surface area contributed by atoms with Gasteiger partial charge in [0.1, 0.15) is 0 Å². The van der Waals surface area contributed by atoms with Gasteiger partial charge >= 0.3 is 0 Å². The third-order valence-corrected chi connectivity index (χ3v) is 7.37. The van der Waals surface area contributed by atoms with Crippen molar-refractivity contribution in [2.75, 3.05) is 13.2 Å². The molecule has 0 aliphatic heterocycles. The summed E-state index contributed by atoms with van der Waals surface area (Å²) in [5.74, 6) is 0. The zero-order valence-corrected chi connectivity index (χ0v) is 9.73. The molecule has 0 fully saturated rings. The van der Waals surface area contributed by atoms with Crippen LogP contribution in [0.15, 0.2) is 0 Å². The summed E-state index contributed by atoms with van der Waals surface area (Å²) in [6.45, 7) is 8.38. The minimum absolute atomic E-state index is 0.752. The van der Waals surface area contributed by atoms with Gasteiger partial charge in [0.25, 0.3) is 0 Å². The second kappa shape index (κ2) is 6.63. The maximum Gasteiger partial charge on any atom is 0.191 e. The molecule has 2 N–H and O–H groups in total. The number of hydrogen-bond acceptors (Lipinski definition) is 2. The van der Waals surface area contributed by atoms with Crippen molar-refractivity contribution in [3.8, 4) is 0 Å². The van der Waals surface area contributed by atoms with Crippen molar-refractivity contribution in [1.29, 1.82) is 0 Å². The molecule has 74 valence electrons. The van der Waals surface area contributed by atoms with Gasteiger partial charge in [-0.05, 0) is 31.1 Å². The zero-order valence-electron chi connectivity index (χ0n) is 8.73. The molecule has 0 heterocycles. The maximum absolute atomic E-state index is 5.98. The summed E-state index contributed by atoms with van der Waals surface area (Å²) in [7, 11) is -1.31. The van der Waals surface area contributed by atoms with Crippen LogP contribution in [0.1, 0.15) is 27.2 Å². The molecular weight excluding hydrogens is 166 g/mol. The minimum atomic E-state index is -1.31. The lowest BCUT2D eigenvalue weighted by Gasteiger charge is -2.27. The van der Waals surface area contributed by atoms with Gasteiger partial charge < -0.3 is 10.2 Å². The van der Waals surface area contributed by atoms with Crippen molar-refractivity contribution in [3.05, 3.63) is 0 Å². The van der Waals surface area contributed by atoms with Gasteiger partial charge in [0, 0.05) is 6.61 Å². The van der Waals surface area contributed by atoms with Crippen LogP contribution in [-0.2, 0) is 4.43 Å². The molecule has 0 saturated carbocycles. The minimum Gasteiger partial charge on any atom is -0.417 e. The van der Waals surface area contributed by atoms with Gasteiger partial charge in [-0.15, -0.1) is 0 Å². The lowest BCUT2D eigenvalue weighted by Crippen LogP contribution is -2.36. The molecule has 0 bridgehead atoms. The summed E-state index contributed by atoms with van der Waals surface area (Å²) in [4.78, 5) is 0. The Kier molecular flexibility index (Phi) is 6.71. The third kappa shape index (κ3) is 3.69. The molecule has 0 saturated heterocycles. The van der Waals surface area contributed by atoms with Gasteiger partial charge in [-0.1, -0.05) is 20.8 Å². The van der Waals surface area contributed by atoms with E-state index in [1.165, 1.54) is 18.1 Å². The van der Waals surface area contributed by atoms with E-state index < -0.39 is 8.32 Å². The van der Waals surface area contributed by atoms with Gasteiger partial charge in [0.05, 0.1) is 0 Å². The Morgan fingerprint density at radius 2 is 1.58 bits per heavy atom. The van der Waals surface area contributed by atoms with Gasteiger partial charge in [-0.2, -0.15) is 0 Å². The smallest absolute Gasteiger partial charge is 0.191 e. The van der Waals surface area contributed by atoms with Gasteiger partial charge in [-0.3, -0.25) is 0 Å². The summed E-state index contributed by atoms with van der Waals surface area (Å²) in [5, 5.41) is 0. The first-order chi connectivity index (χ1) is 5.74. The first-order valence-corrected chi connectivity index (χ1v) is 7.61. The van der Waals surface area contributed by atoms with Crippen LogP contribution < -0.4 is 5.73 Å². The van der Waals surface area contributed by atoms with Crippen LogP contribution in [-0.4, -0.2) is 21.5 Å². The lowest BCUT2D eigenvalue weighted by molar-refractivity contribution is 0.295. The highest BCUT2D eigenvalue weighted by Crippen LogP contribution is 2.21. The first kappa shape index (κ1) is 12.1. The van der Waals surface area contributed by atoms with Crippen molar-refractivity contribution in [1.82, 2.24) is 0 Å². The lowest BCUT2D eigenvalue weighted by atomic mass is 10.5. The Morgan fingerprint density at radius 3 is 1.92 bits per heavy atom. The first-order valence-electron chi connectivity index (χ1n) is 5.08. The summed E-state index contributed by atoms with van der Waals surface area (Å²) in [6, 6.07) is 3.72. The predicted octanol–water partition coefficient (Wildman–Crippen LogP) is 2.36. The molecule has 0 radical (unpaired) electrons. The molecule has 12 heavy (non-hydrogen) atoms. The highest BCUT2D eigenvalue weighted by molar-refractivity contribution is 6.73. The van der Waals surface area contributed by atoms with Crippen LogP contribution >= 0.6 is 0 Å². The Labute approximate surface area is 77.6 Å². The highest BCUT2D eigenvalue weighted by atomic mass is 28.4. The monoisotopic (exact) mass is 189 g/mol. The largest absolute Gasteiger partial charge is 0.417 e. The molecule has 0 amide bonds. The Bertz CT molecular complexity index is 96.4. The second-order valence-electron chi connectivity index (χ2n) is 3.23. The second-order valence-corrected chi connectivity index (χ2v) is 8.01. The fourth-order valence-electron chi connectivity index (χ4n) is 1.43. The normalized spacial score (nSPS) is 12.0. The van der Waals surface area contributed by atoms with Crippen molar-refractivity contribution in [3.63, 3.8) is 0 Å². The molecule has 0 atom stereocenters. The average Bonchev–Trinajstić information content (AvgIpc) is 2.14. The average molecular weight is 189 g/mol. The van der Waals surface area contributed by atoms with E-state index in [9.17, 15) is 0 Å². The van der Waals surface area contributed by atoms with Crippen LogP contribution in [0.5, 0.6) is 0 Å². The van der Waals surface area contributed by atoms with Crippen LogP contribution in [0, 0.1) is 0 Å². The molecule has 3 heteroatoms. The molecule has 0 aliphatic carbocycles. The standard InChI is InChI=1S/C9H23NOSi/c1-4-12(5-2,6-3)11-9-7-8-10/h4-10H2,1-3H3. The number of hydrogen-bond donors (Lipinski definition) is 1. The van der Waals surface area contributed by atoms with Crippen LogP contribution in [0.25, 0.3) is 0 Å². The van der Waals surface area contributed by atoms with Crippen LogP contribution in [0.3, 0.4) is 0 Å². The Morgan fingerprint density at radius 1 is 1.08 bits per heavy atom. The van der Waals surface area contributed by atoms with E-state index in [1.54, 1.807) is 0 Å². The summed E-state index contributed by atoms with van der Waals surface area (Å²) in [5.41, 5.74) is 5.42. The van der Waals surface area contributed by atoms with Gasteiger partial charge in [0.2, 0.25) is 0 Å². The number of nitrogens with two attached hydrogens (primary N) is 1. The van der Waals surface area contributed by atoms with E-state index >= 15 is 0 Å². The fourth-order valence-corrected chi connectivity index (χ4v) is 4.12. The molecular formula is C9H23NOSi. The molecule has 0 aromatic heterocycles. The molecule has 0 aliphatic rings. The Balaban J connectivity index is 3.76. The van der Waals surface area contributed by atoms with E-state index in [0.29, 0.717) is 0 Å². The van der Waals surface area contributed by atoms with E-state index in [4.69, 9.17) is 10.2 Å². The van der Waals surface area contributed by atoms with Crippen molar-refractivity contribution < 1.29 is 4.43 Å². The van der Waals surface area contributed by atoms with Gasteiger partial charge in [-0.25, -0.2) is 0 Å². The molecule has 2 nitrogen and oxygen atoms in total. The third-order valence-electron chi connectivity index (χ3n) is 2.69. The fraction of sp³-hybridized carbons (Fsp3) is 1.00. The summed E-state index contributed by atoms with van der Waals surface area (Å²) in [6.07, 6.45) is 1.01. The van der Waals surface area contributed by atoms with E-state index in [-0.39, 0.29) is 0 Å². The number of rotatable bonds is 7. The van der Waals surface area contributed by atoms with E-state index in [1.807, 2.05) is 0 Å². The van der Waals surface area contributed by atoms with Crippen molar-refractivity contribution in [2.24, 2.45) is 5.73 Å². The van der Waals surface area contributed by atoms with Crippen molar-refractivity contribution >= 4 is 8.32 Å². The van der Waals surface area contributed by atoms with E-state index in [2.05, 4.69) is 20.8 Å². The molecule has 0 rings (SSSR count). The van der Waals surface area contributed by atoms with E-state index in [0.717, 1.165) is 19.6 Å². The Hall–Kier alpha value is 0.137. The highest BCUT2D eigenvalue weighted by Gasteiger charge is 2.27. The molecule has 0 unspecified atom stereocenters. The zero-order chi connectivity index (χ0) is 9.45. The molecule has 0 aromatic carbocycles. The summed E-state index contributed by atoms with van der Waals surface area (Å²) < 4.78 is 5.98. The maximum atomic E-state index is 5.98. The van der Waals surface area contributed by atoms with Crippen LogP contribution in [0.4, 0.5) is 0 Å². The quantitative estimate of drug-likeness (QED) is 0.493. The molecule has 0 aromatic rings. The van der Waals surface area contributed by atoms with Crippen LogP contribution in [0.2, 0.25) is 18.1 Å². The topological polar surface area (TPSA) is 35.2 Å².